The minimum atomic E-state index is -4.80. The lowest BCUT2D eigenvalue weighted by Gasteiger charge is -2.18. The zero-order chi connectivity index (χ0) is 15.6. The molecule has 1 unspecified atom stereocenters. The number of nitrogens with one attached hydrogen (secondary N) is 1. The molecule has 21 heavy (non-hydrogen) atoms. The number of alkyl halides is 3. The van der Waals surface area contributed by atoms with Crippen LogP contribution in [-0.4, -0.2) is 4.98 Å². The second-order valence-electron chi connectivity index (χ2n) is 4.23. The van der Waals surface area contributed by atoms with Gasteiger partial charge in [0.25, 0.3) is 0 Å². The number of hydrazine groups is 1. The average Bonchev–Trinajstić information content (AvgIpc) is 2.40. The van der Waals surface area contributed by atoms with Crippen LogP contribution in [0.1, 0.15) is 22.7 Å². The summed E-state index contributed by atoms with van der Waals surface area (Å²) in [7, 11) is 0. The van der Waals surface area contributed by atoms with Gasteiger partial charge in [-0.15, -0.1) is 0 Å². The Hall–Kier alpha value is -2.06. The fourth-order valence-electron chi connectivity index (χ4n) is 1.93. The van der Waals surface area contributed by atoms with Gasteiger partial charge in [-0.2, -0.15) is 13.2 Å². The van der Waals surface area contributed by atoms with E-state index in [4.69, 9.17) is 5.84 Å². The minimum Gasteiger partial charge on any atom is -0.271 e. The van der Waals surface area contributed by atoms with Crippen LogP contribution in [-0.2, 0) is 6.18 Å². The first-order chi connectivity index (χ1) is 9.84. The van der Waals surface area contributed by atoms with E-state index in [1.165, 1.54) is 12.3 Å². The number of hydrogen-bond acceptors (Lipinski definition) is 3. The first-order valence-electron chi connectivity index (χ1n) is 5.76. The van der Waals surface area contributed by atoms with E-state index in [9.17, 15) is 22.0 Å². The van der Waals surface area contributed by atoms with Crippen LogP contribution >= 0.6 is 0 Å². The molecule has 0 spiro atoms. The molecule has 0 bridgehead atoms. The van der Waals surface area contributed by atoms with Crippen molar-refractivity contribution in [3.8, 4) is 0 Å². The highest BCUT2D eigenvalue weighted by atomic mass is 19.4. The SMILES string of the molecule is NNC(c1ccc(C(F)(F)F)c(F)c1)c1ccncc1F. The summed E-state index contributed by atoms with van der Waals surface area (Å²) >= 11 is 0. The fraction of sp³-hybridized carbons (Fsp3) is 0.154. The molecule has 1 aromatic carbocycles. The van der Waals surface area contributed by atoms with Crippen LogP contribution in [0.2, 0.25) is 0 Å². The Morgan fingerprint density at radius 3 is 2.33 bits per heavy atom. The van der Waals surface area contributed by atoms with Crippen molar-refractivity contribution < 1.29 is 22.0 Å². The molecule has 0 saturated heterocycles. The highest BCUT2D eigenvalue weighted by molar-refractivity contribution is 5.34. The molecule has 0 aliphatic carbocycles. The number of benzene rings is 1. The molecule has 0 amide bonds. The van der Waals surface area contributed by atoms with E-state index in [1.54, 1.807) is 0 Å². The summed E-state index contributed by atoms with van der Waals surface area (Å²) in [6.07, 6.45) is -2.57. The van der Waals surface area contributed by atoms with Gasteiger partial charge in [0.05, 0.1) is 17.8 Å². The zero-order valence-electron chi connectivity index (χ0n) is 10.5. The van der Waals surface area contributed by atoms with Gasteiger partial charge < -0.3 is 0 Å². The normalized spacial score (nSPS) is 13.2. The number of nitrogens with two attached hydrogens (primary N) is 1. The lowest BCUT2D eigenvalue weighted by Crippen LogP contribution is -2.29. The van der Waals surface area contributed by atoms with Crippen LogP contribution < -0.4 is 11.3 Å². The summed E-state index contributed by atoms with van der Waals surface area (Å²) in [6, 6.07) is 2.61. The van der Waals surface area contributed by atoms with Crippen molar-refractivity contribution in [1.82, 2.24) is 10.4 Å². The van der Waals surface area contributed by atoms with Crippen molar-refractivity contribution in [2.24, 2.45) is 5.84 Å². The third-order valence-electron chi connectivity index (χ3n) is 2.91. The quantitative estimate of drug-likeness (QED) is 0.521. The number of nitrogens with zero attached hydrogens (tertiary/aromatic N) is 1. The van der Waals surface area contributed by atoms with Crippen molar-refractivity contribution in [3.05, 3.63) is 65.0 Å². The Morgan fingerprint density at radius 2 is 1.81 bits per heavy atom. The molecule has 2 rings (SSSR count). The van der Waals surface area contributed by atoms with E-state index in [2.05, 4.69) is 10.4 Å². The van der Waals surface area contributed by atoms with Crippen molar-refractivity contribution in [3.63, 3.8) is 0 Å². The van der Waals surface area contributed by atoms with Gasteiger partial charge >= 0.3 is 6.18 Å². The summed E-state index contributed by atoms with van der Waals surface area (Å²) in [6.45, 7) is 0. The molecule has 1 aromatic heterocycles. The number of aromatic nitrogens is 1. The Balaban J connectivity index is 2.45. The molecule has 112 valence electrons. The monoisotopic (exact) mass is 303 g/mol. The molecular weight excluding hydrogens is 293 g/mol. The molecule has 0 aliphatic heterocycles. The number of halogens is 5. The Labute approximate surface area is 116 Å². The number of pyridine rings is 1. The van der Waals surface area contributed by atoms with Gasteiger partial charge in [0, 0.05) is 11.8 Å². The largest absolute Gasteiger partial charge is 0.419 e. The van der Waals surface area contributed by atoms with Gasteiger partial charge in [0.1, 0.15) is 11.6 Å². The topological polar surface area (TPSA) is 50.9 Å². The van der Waals surface area contributed by atoms with Gasteiger partial charge in [0.15, 0.2) is 0 Å². The van der Waals surface area contributed by atoms with Crippen LogP contribution in [0.15, 0.2) is 36.7 Å². The third-order valence-corrected chi connectivity index (χ3v) is 2.91. The second kappa shape index (κ2) is 5.74. The van der Waals surface area contributed by atoms with Crippen molar-refractivity contribution in [2.75, 3.05) is 0 Å². The Kier molecular flexibility index (Phi) is 4.19. The Bertz CT molecular complexity index is 642. The van der Waals surface area contributed by atoms with Crippen molar-refractivity contribution in [2.45, 2.75) is 12.2 Å². The number of rotatable bonds is 3. The molecule has 3 N–H and O–H groups in total. The second-order valence-corrected chi connectivity index (χ2v) is 4.23. The first-order valence-corrected chi connectivity index (χ1v) is 5.76. The molecule has 0 radical (unpaired) electrons. The van der Waals surface area contributed by atoms with Gasteiger partial charge in [-0.25, -0.2) is 14.2 Å². The van der Waals surface area contributed by atoms with Crippen molar-refractivity contribution >= 4 is 0 Å². The summed E-state index contributed by atoms with van der Waals surface area (Å²) in [5, 5.41) is 0. The standard InChI is InChI=1S/C13H10F5N3/c14-10-5-7(1-2-9(10)13(16,17)18)12(21-19)8-3-4-20-6-11(8)15/h1-6,12,21H,19H2. The maximum absolute atomic E-state index is 13.6. The first kappa shape index (κ1) is 15.3. The maximum atomic E-state index is 13.6. The molecule has 0 aliphatic rings. The van der Waals surface area contributed by atoms with Crippen LogP contribution in [0.5, 0.6) is 0 Å². The Morgan fingerprint density at radius 1 is 1.10 bits per heavy atom. The number of hydrogen-bond donors (Lipinski definition) is 2. The minimum absolute atomic E-state index is 0.0478. The van der Waals surface area contributed by atoms with Crippen molar-refractivity contribution in [1.29, 1.82) is 0 Å². The summed E-state index contributed by atoms with van der Waals surface area (Å²) in [5.74, 6) is 3.14. The molecule has 1 heterocycles. The summed E-state index contributed by atoms with van der Waals surface area (Å²) < 4.78 is 64.7. The molecule has 8 heteroatoms. The van der Waals surface area contributed by atoms with Gasteiger partial charge in [-0.1, -0.05) is 6.07 Å². The molecule has 2 aromatic rings. The third kappa shape index (κ3) is 3.17. The molecule has 0 fully saturated rings. The van der Waals surface area contributed by atoms with Crippen LogP contribution in [0.3, 0.4) is 0 Å². The lowest BCUT2D eigenvalue weighted by molar-refractivity contribution is -0.140. The van der Waals surface area contributed by atoms with E-state index in [-0.39, 0.29) is 11.1 Å². The molecular formula is C13H10F5N3. The highest BCUT2D eigenvalue weighted by Crippen LogP contribution is 2.33. The van der Waals surface area contributed by atoms with Gasteiger partial charge in [0.2, 0.25) is 0 Å². The predicted octanol–water partition coefficient (Wildman–Crippen LogP) is 2.93. The summed E-state index contributed by atoms with van der Waals surface area (Å²) in [4.78, 5) is 3.55. The van der Waals surface area contributed by atoms with E-state index in [1.807, 2.05) is 0 Å². The zero-order valence-corrected chi connectivity index (χ0v) is 10.5. The highest BCUT2D eigenvalue weighted by Gasteiger charge is 2.34. The smallest absolute Gasteiger partial charge is 0.271 e. The fourth-order valence-corrected chi connectivity index (χ4v) is 1.93. The van der Waals surface area contributed by atoms with Crippen LogP contribution in [0, 0.1) is 11.6 Å². The van der Waals surface area contributed by atoms with Crippen LogP contribution in [0.25, 0.3) is 0 Å². The molecule has 1 atom stereocenters. The predicted molar refractivity (Wildman–Crippen MR) is 64.8 cm³/mol. The van der Waals surface area contributed by atoms with E-state index in [0.29, 0.717) is 12.1 Å². The maximum Gasteiger partial charge on any atom is 0.419 e. The van der Waals surface area contributed by atoms with E-state index >= 15 is 0 Å². The van der Waals surface area contributed by atoms with Crippen LogP contribution in [0.4, 0.5) is 22.0 Å². The average molecular weight is 303 g/mol. The van der Waals surface area contributed by atoms with Gasteiger partial charge in [-0.05, 0) is 23.8 Å². The summed E-state index contributed by atoms with van der Waals surface area (Å²) in [5.41, 5.74) is 0.965. The molecule has 0 saturated carbocycles. The van der Waals surface area contributed by atoms with E-state index in [0.717, 1.165) is 12.3 Å². The van der Waals surface area contributed by atoms with Gasteiger partial charge in [-0.3, -0.25) is 10.8 Å². The van der Waals surface area contributed by atoms with E-state index < -0.39 is 29.4 Å². The molecule has 3 nitrogen and oxygen atoms in total. The lowest BCUT2D eigenvalue weighted by atomic mass is 9.98.